The van der Waals surface area contributed by atoms with E-state index in [1.807, 2.05) is 53.1 Å². The number of morpholine rings is 1. The first kappa shape index (κ1) is 18.0. The molecule has 3 rings (SSSR count). The first-order valence-electron chi connectivity index (χ1n) is 8.71. The maximum atomic E-state index is 12.6. The molecular weight excluding hydrogens is 336 g/mol. The molecule has 1 atom stereocenters. The summed E-state index contributed by atoms with van der Waals surface area (Å²) < 4.78 is 5.52. The lowest BCUT2D eigenvalue weighted by molar-refractivity contribution is -0.140. The summed E-state index contributed by atoms with van der Waals surface area (Å²) in [6.45, 7) is 3.10. The Bertz CT molecular complexity index is 614. The van der Waals surface area contributed by atoms with Crippen LogP contribution in [0.2, 0.25) is 0 Å². The molecule has 0 N–H and O–H groups in total. The van der Waals surface area contributed by atoms with E-state index < -0.39 is 0 Å². The Labute approximate surface area is 153 Å². The predicted molar refractivity (Wildman–Crippen MR) is 100 cm³/mol. The Kier molecular flexibility index (Phi) is 6.53. The number of rotatable bonds is 4. The van der Waals surface area contributed by atoms with Gasteiger partial charge in [-0.25, -0.2) is 0 Å². The number of hydrogen-bond donors (Lipinski definition) is 0. The van der Waals surface area contributed by atoms with E-state index in [1.165, 1.54) is 0 Å². The van der Waals surface area contributed by atoms with Crippen LogP contribution in [0.3, 0.4) is 0 Å². The molecule has 0 unspecified atom stereocenters. The van der Waals surface area contributed by atoms with Gasteiger partial charge in [0.1, 0.15) is 0 Å². The van der Waals surface area contributed by atoms with Gasteiger partial charge in [-0.05, 0) is 11.6 Å². The minimum atomic E-state index is -0.177. The number of hydrogen-bond acceptors (Lipinski definition) is 4. The third-order valence-electron chi connectivity index (χ3n) is 4.50. The minimum absolute atomic E-state index is 0.0563. The fourth-order valence-electron chi connectivity index (χ4n) is 3.08. The number of amides is 2. The van der Waals surface area contributed by atoms with Gasteiger partial charge < -0.3 is 14.5 Å². The van der Waals surface area contributed by atoms with Gasteiger partial charge in [-0.1, -0.05) is 30.3 Å². The Morgan fingerprint density at radius 1 is 1.16 bits per heavy atom. The third kappa shape index (κ3) is 5.09. The molecule has 0 aliphatic carbocycles. The molecule has 2 saturated heterocycles. The van der Waals surface area contributed by atoms with Crippen LogP contribution in [0, 0.1) is 0 Å². The molecule has 0 radical (unpaired) electrons. The van der Waals surface area contributed by atoms with E-state index in [1.54, 1.807) is 11.0 Å². The Morgan fingerprint density at radius 2 is 1.92 bits per heavy atom. The molecule has 25 heavy (non-hydrogen) atoms. The maximum absolute atomic E-state index is 12.6. The van der Waals surface area contributed by atoms with Crippen molar-refractivity contribution in [2.45, 2.75) is 12.5 Å². The number of ether oxygens (including phenoxy) is 1. The number of nitrogens with zero attached hydrogens (tertiary/aromatic N) is 2. The highest BCUT2D eigenvalue weighted by Crippen LogP contribution is 2.16. The van der Waals surface area contributed by atoms with Gasteiger partial charge in [0.25, 0.3) is 0 Å². The lowest BCUT2D eigenvalue weighted by Gasteiger charge is -2.36. The maximum Gasteiger partial charge on any atom is 0.246 e. The van der Waals surface area contributed by atoms with Crippen LogP contribution >= 0.6 is 11.8 Å². The zero-order chi connectivity index (χ0) is 17.5. The summed E-state index contributed by atoms with van der Waals surface area (Å²) in [6.07, 6.45) is 3.75. The van der Waals surface area contributed by atoms with Crippen LogP contribution < -0.4 is 0 Å². The number of thioether (sulfide) groups is 1. The zero-order valence-corrected chi connectivity index (χ0v) is 15.1. The van der Waals surface area contributed by atoms with E-state index in [0.717, 1.165) is 30.2 Å². The van der Waals surface area contributed by atoms with E-state index in [4.69, 9.17) is 4.74 Å². The van der Waals surface area contributed by atoms with Crippen molar-refractivity contribution in [1.29, 1.82) is 0 Å². The predicted octanol–water partition coefficient (Wildman–Crippen LogP) is 1.89. The van der Waals surface area contributed by atoms with E-state index in [2.05, 4.69) is 0 Å². The molecule has 2 heterocycles. The molecule has 0 bridgehead atoms. The molecule has 1 aromatic rings. The molecular formula is C19H24N2O3S. The van der Waals surface area contributed by atoms with Crippen LogP contribution in [-0.4, -0.2) is 72.0 Å². The van der Waals surface area contributed by atoms with Gasteiger partial charge in [-0.2, -0.15) is 11.8 Å². The fraction of sp³-hybridized carbons (Fsp3) is 0.474. The monoisotopic (exact) mass is 360 g/mol. The van der Waals surface area contributed by atoms with E-state index in [-0.39, 0.29) is 17.9 Å². The lowest BCUT2D eigenvalue weighted by Crippen LogP contribution is -2.51. The van der Waals surface area contributed by atoms with Crippen molar-refractivity contribution in [1.82, 2.24) is 9.80 Å². The molecule has 2 aliphatic rings. The highest BCUT2D eigenvalue weighted by Gasteiger charge is 2.30. The molecule has 0 aromatic heterocycles. The van der Waals surface area contributed by atoms with Crippen molar-refractivity contribution in [2.24, 2.45) is 0 Å². The highest BCUT2D eigenvalue weighted by atomic mass is 32.2. The van der Waals surface area contributed by atoms with Crippen LogP contribution in [0.4, 0.5) is 0 Å². The van der Waals surface area contributed by atoms with Gasteiger partial charge >= 0.3 is 0 Å². The molecule has 2 fully saturated rings. The largest absolute Gasteiger partial charge is 0.377 e. The fourth-order valence-corrected chi connectivity index (χ4v) is 3.99. The Balaban J connectivity index is 1.60. The van der Waals surface area contributed by atoms with Gasteiger partial charge in [0.05, 0.1) is 19.3 Å². The van der Waals surface area contributed by atoms with Gasteiger partial charge in [-0.3, -0.25) is 9.59 Å². The van der Waals surface area contributed by atoms with Crippen molar-refractivity contribution in [3.8, 4) is 0 Å². The molecule has 2 amide bonds. The van der Waals surface area contributed by atoms with Crippen molar-refractivity contribution < 1.29 is 14.3 Å². The van der Waals surface area contributed by atoms with Crippen LogP contribution in [-0.2, 0) is 14.3 Å². The van der Waals surface area contributed by atoms with Crippen molar-refractivity contribution in [2.75, 3.05) is 44.4 Å². The molecule has 6 heteroatoms. The number of carbonyl (C=O) groups is 2. The third-order valence-corrected chi connectivity index (χ3v) is 5.45. The minimum Gasteiger partial charge on any atom is -0.377 e. The molecule has 0 saturated carbocycles. The normalized spacial score (nSPS) is 21.5. The van der Waals surface area contributed by atoms with Gasteiger partial charge in [0.2, 0.25) is 11.8 Å². The molecule has 134 valence electrons. The second kappa shape index (κ2) is 9.06. The Morgan fingerprint density at radius 3 is 2.68 bits per heavy atom. The second-order valence-corrected chi connectivity index (χ2v) is 7.43. The summed E-state index contributed by atoms with van der Waals surface area (Å²) in [5.41, 5.74) is 0.988. The smallest absolute Gasteiger partial charge is 0.246 e. The SMILES string of the molecule is O=C(C[C@H]1COCCN1C(=O)/C=C/c1ccccc1)N1CCSCC1. The topological polar surface area (TPSA) is 49.9 Å². The van der Waals surface area contributed by atoms with E-state index in [9.17, 15) is 9.59 Å². The number of benzene rings is 1. The summed E-state index contributed by atoms with van der Waals surface area (Å²) in [5, 5.41) is 0. The highest BCUT2D eigenvalue weighted by molar-refractivity contribution is 7.99. The number of carbonyl (C=O) groups excluding carboxylic acids is 2. The van der Waals surface area contributed by atoms with Gasteiger partial charge in [-0.15, -0.1) is 0 Å². The van der Waals surface area contributed by atoms with E-state index >= 15 is 0 Å². The van der Waals surface area contributed by atoms with Crippen LogP contribution in [0.5, 0.6) is 0 Å². The van der Waals surface area contributed by atoms with Gasteiger partial charge in [0.15, 0.2) is 0 Å². The summed E-state index contributed by atoms with van der Waals surface area (Å²) >= 11 is 1.88. The summed E-state index contributed by atoms with van der Waals surface area (Å²) in [6, 6.07) is 9.57. The first-order valence-corrected chi connectivity index (χ1v) is 9.86. The molecule has 1 aromatic carbocycles. The van der Waals surface area contributed by atoms with E-state index in [0.29, 0.717) is 26.2 Å². The average molecular weight is 360 g/mol. The molecule has 0 spiro atoms. The Hall–Kier alpha value is -1.79. The van der Waals surface area contributed by atoms with Crippen LogP contribution in [0.1, 0.15) is 12.0 Å². The standard InChI is InChI=1S/C19H24N2O3S/c22-18(7-6-16-4-2-1-3-5-16)21-8-11-24-15-17(21)14-19(23)20-9-12-25-13-10-20/h1-7,17H,8-15H2/b7-6+/t17-/m0/s1. The van der Waals surface area contributed by atoms with Crippen molar-refractivity contribution in [3.63, 3.8) is 0 Å². The quantitative estimate of drug-likeness (QED) is 0.770. The summed E-state index contributed by atoms with van der Waals surface area (Å²) in [4.78, 5) is 28.8. The molecule has 5 nitrogen and oxygen atoms in total. The molecule has 2 aliphatic heterocycles. The van der Waals surface area contributed by atoms with Crippen molar-refractivity contribution in [3.05, 3.63) is 42.0 Å². The zero-order valence-electron chi connectivity index (χ0n) is 14.3. The summed E-state index contributed by atoms with van der Waals surface area (Å²) in [5.74, 6) is 2.06. The van der Waals surface area contributed by atoms with Crippen LogP contribution in [0.15, 0.2) is 36.4 Å². The lowest BCUT2D eigenvalue weighted by atomic mass is 10.1. The van der Waals surface area contributed by atoms with Crippen molar-refractivity contribution >= 4 is 29.7 Å². The first-order chi connectivity index (χ1) is 12.2. The average Bonchev–Trinajstić information content (AvgIpc) is 2.68. The van der Waals surface area contributed by atoms with Gasteiger partial charge in [0, 0.05) is 43.6 Å². The van der Waals surface area contributed by atoms with Crippen LogP contribution in [0.25, 0.3) is 6.08 Å². The summed E-state index contributed by atoms with van der Waals surface area (Å²) in [7, 11) is 0. The second-order valence-electron chi connectivity index (χ2n) is 6.20.